The van der Waals surface area contributed by atoms with E-state index in [1.807, 2.05) is 0 Å². The van der Waals surface area contributed by atoms with Gasteiger partial charge in [0.25, 0.3) is 11.8 Å². The van der Waals surface area contributed by atoms with Crippen LogP contribution in [0.2, 0.25) is 0 Å². The van der Waals surface area contributed by atoms with E-state index in [0.717, 1.165) is 36.1 Å². The van der Waals surface area contributed by atoms with E-state index in [4.69, 9.17) is 10.5 Å². The lowest BCUT2D eigenvalue weighted by Crippen LogP contribution is -2.24. The summed E-state index contributed by atoms with van der Waals surface area (Å²) in [6.07, 6.45) is 3.75. The van der Waals surface area contributed by atoms with Gasteiger partial charge in [0.1, 0.15) is 11.6 Å². The van der Waals surface area contributed by atoms with Gasteiger partial charge in [0.15, 0.2) is 6.61 Å². The van der Waals surface area contributed by atoms with Gasteiger partial charge in [-0.3, -0.25) is 9.59 Å². The standard InChI is InChI=1S/C14H18N2O5S/c1-20-7-11(18)21-6-10(17)16-14-12(13(15)19)8-4-2-3-5-9(8)22-14/h2-7H2,1H3,(H2,15,19)(H,16,17). The van der Waals surface area contributed by atoms with Gasteiger partial charge in [0.2, 0.25) is 0 Å². The number of ether oxygens (including phenoxy) is 2. The SMILES string of the molecule is COCC(=O)OCC(=O)Nc1sc2c(c1C(N)=O)CCCC2. The van der Waals surface area contributed by atoms with Crippen molar-refractivity contribution >= 4 is 34.1 Å². The molecule has 2 amide bonds. The van der Waals surface area contributed by atoms with E-state index in [1.165, 1.54) is 18.4 Å². The minimum atomic E-state index is -0.627. The Morgan fingerprint density at radius 1 is 1.23 bits per heavy atom. The topological polar surface area (TPSA) is 108 Å². The molecule has 0 aromatic carbocycles. The van der Waals surface area contributed by atoms with Crippen LogP contribution in [0, 0.1) is 0 Å². The molecular weight excluding hydrogens is 308 g/mol. The summed E-state index contributed by atoms with van der Waals surface area (Å²) in [6.45, 7) is -0.643. The number of methoxy groups -OCH3 is 1. The summed E-state index contributed by atoms with van der Waals surface area (Å²) in [7, 11) is 1.36. The molecule has 0 fully saturated rings. The third kappa shape index (κ3) is 3.83. The lowest BCUT2D eigenvalue weighted by molar-refractivity contribution is -0.150. The molecule has 8 heteroatoms. The van der Waals surface area contributed by atoms with Crippen LogP contribution in [0.5, 0.6) is 0 Å². The highest BCUT2D eigenvalue weighted by molar-refractivity contribution is 7.17. The number of fused-ring (bicyclic) bond motifs is 1. The first-order chi connectivity index (χ1) is 10.5. The van der Waals surface area contributed by atoms with Crippen LogP contribution in [-0.2, 0) is 31.9 Å². The molecule has 0 aliphatic heterocycles. The predicted octanol–water partition coefficient (Wildman–Crippen LogP) is 0.854. The Labute approximate surface area is 131 Å². The number of carbonyl (C=O) groups excluding carboxylic acids is 3. The molecule has 7 nitrogen and oxygen atoms in total. The number of rotatable bonds is 6. The molecule has 2 rings (SSSR count). The van der Waals surface area contributed by atoms with Gasteiger partial charge in [-0.2, -0.15) is 0 Å². The Kier molecular flexibility index (Phi) is 5.51. The molecule has 0 saturated carbocycles. The van der Waals surface area contributed by atoms with Gasteiger partial charge < -0.3 is 20.5 Å². The lowest BCUT2D eigenvalue weighted by Gasteiger charge is -2.11. The molecule has 22 heavy (non-hydrogen) atoms. The molecule has 1 aliphatic rings. The second kappa shape index (κ2) is 7.37. The number of primary amides is 1. The number of anilines is 1. The van der Waals surface area contributed by atoms with Gasteiger partial charge >= 0.3 is 5.97 Å². The molecule has 1 aromatic heterocycles. The van der Waals surface area contributed by atoms with Crippen LogP contribution in [-0.4, -0.2) is 38.1 Å². The van der Waals surface area contributed by atoms with Crippen molar-refractivity contribution in [2.24, 2.45) is 5.73 Å². The Balaban J connectivity index is 2.06. The van der Waals surface area contributed by atoms with Gasteiger partial charge in [-0.25, -0.2) is 4.79 Å². The zero-order chi connectivity index (χ0) is 16.1. The largest absolute Gasteiger partial charge is 0.454 e. The van der Waals surface area contributed by atoms with Crippen LogP contribution < -0.4 is 11.1 Å². The van der Waals surface area contributed by atoms with Crippen molar-refractivity contribution < 1.29 is 23.9 Å². The number of esters is 1. The molecule has 0 atom stereocenters. The number of thiophene rings is 1. The highest BCUT2D eigenvalue weighted by atomic mass is 32.1. The first-order valence-electron chi connectivity index (χ1n) is 6.91. The van der Waals surface area contributed by atoms with Crippen molar-refractivity contribution in [2.45, 2.75) is 25.7 Å². The molecule has 0 unspecified atom stereocenters. The number of hydrogen-bond donors (Lipinski definition) is 2. The third-order valence-corrected chi connectivity index (χ3v) is 4.50. The molecule has 1 aliphatic carbocycles. The van der Waals surface area contributed by atoms with E-state index in [9.17, 15) is 14.4 Å². The highest BCUT2D eigenvalue weighted by Crippen LogP contribution is 2.37. The molecular formula is C14H18N2O5S. The fourth-order valence-electron chi connectivity index (χ4n) is 2.38. The Morgan fingerprint density at radius 3 is 2.64 bits per heavy atom. The molecule has 1 heterocycles. The quantitative estimate of drug-likeness (QED) is 0.754. The van der Waals surface area contributed by atoms with Crippen molar-refractivity contribution in [3.05, 3.63) is 16.0 Å². The summed E-state index contributed by atoms with van der Waals surface area (Å²) in [4.78, 5) is 35.7. The summed E-state index contributed by atoms with van der Waals surface area (Å²) in [6, 6.07) is 0. The van der Waals surface area contributed by atoms with Gasteiger partial charge in [0.05, 0.1) is 5.56 Å². The van der Waals surface area contributed by atoms with Crippen LogP contribution >= 0.6 is 11.3 Å². The summed E-state index contributed by atoms with van der Waals surface area (Å²) in [5.41, 5.74) is 6.76. The van der Waals surface area contributed by atoms with E-state index in [1.54, 1.807) is 0 Å². The number of amides is 2. The fourth-order valence-corrected chi connectivity index (χ4v) is 3.69. The highest BCUT2D eigenvalue weighted by Gasteiger charge is 2.25. The van der Waals surface area contributed by atoms with Crippen molar-refractivity contribution in [3.63, 3.8) is 0 Å². The smallest absolute Gasteiger partial charge is 0.332 e. The second-order valence-electron chi connectivity index (χ2n) is 4.92. The van der Waals surface area contributed by atoms with E-state index in [0.29, 0.717) is 10.6 Å². The second-order valence-corrected chi connectivity index (χ2v) is 6.03. The Bertz CT molecular complexity index is 596. The van der Waals surface area contributed by atoms with Gasteiger partial charge in [0, 0.05) is 12.0 Å². The lowest BCUT2D eigenvalue weighted by atomic mass is 9.95. The fraction of sp³-hybridized carbons (Fsp3) is 0.500. The first-order valence-corrected chi connectivity index (χ1v) is 7.73. The molecule has 120 valence electrons. The van der Waals surface area contributed by atoms with Gasteiger partial charge in [-0.15, -0.1) is 11.3 Å². The normalized spacial score (nSPS) is 13.3. The predicted molar refractivity (Wildman–Crippen MR) is 80.9 cm³/mol. The molecule has 0 saturated heterocycles. The van der Waals surface area contributed by atoms with Crippen LogP contribution in [0.1, 0.15) is 33.6 Å². The number of aryl methyl sites for hydroxylation is 1. The maximum Gasteiger partial charge on any atom is 0.332 e. The number of nitrogens with two attached hydrogens (primary N) is 1. The van der Waals surface area contributed by atoms with Crippen LogP contribution in [0.4, 0.5) is 5.00 Å². The monoisotopic (exact) mass is 326 g/mol. The summed E-state index contributed by atoms with van der Waals surface area (Å²) >= 11 is 1.37. The Morgan fingerprint density at radius 2 is 1.95 bits per heavy atom. The van der Waals surface area contributed by atoms with E-state index in [2.05, 4.69) is 10.1 Å². The van der Waals surface area contributed by atoms with Crippen LogP contribution in [0.15, 0.2) is 0 Å². The minimum Gasteiger partial charge on any atom is -0.454 e. The molecule has 3 N–H and O–H groups in total. The third-order valence-electron chi connectivity index (χ3n) is 3.30. The summed E-state index contributed by atoms with van der Waals surface area (Å²) in [5, 5.41) is 3.04. The first kappa shape index (κ1) is 16.4. The van der Waals surface area contributed by atoms with Crippen molar-refractivity contribution in [1.29, 1.82) is 0 Å². The molecule has 1 aromatic rings. The van der Waals surface area contributed by atoms with Crippen LogP contribution in [0.25, 0.3) is 0 Å². The average molecular weight is 326 g/mol. The zero-order valence-electron chi connectivity index (χ0n) is 12.3. The van der Waals surface area contributed by atoms with Crippen molar-refractivity contribution in [1.82, 2.24) is 0 Å². The molecule has 0 bridgehead atoms. The minimum absolute atomic E-state index is 0.215. The summed E-state index contributed by atoms with van der Waals surface area (Å²) < 4.78 is 9.33. The van der Waals surface area contributed by atoms with E-state index >= 15 is 0 Å². The van der Waals surface area contributed by atoms with Crippen molar-refractivity contribution in [2.75, 3.05) is 25.6 Å². The van der Waals surface area contributed by atoms with E-state index in [-0.39, 0.29) is 6.61 Å². The van der Waals surface area contributed by atoms with Crippen LogP contribution in [0.3, 0.4) is 0 Å². The number of carbonyl (C=O) groups is 3. The number of nitrogens with one attached hydrogen (secondary N) is 1. The maximum atomic E-state index is 11.8. The maximum absolute atomic E-state index is 11.8. The molecule has 0 radical (unpaired) electrons. The Hall–Kier alpha value is -1.93. The zero-order valence-corrected chi connectivity index (χ0v) is 13.1. The van der Waals surface area contributed by atoms with Gasteiger partial charge in [-0.05, 0) is 31.2 Å². The number of hydrogen-bond acceptors (Lipinski definition) is 6. The van der Waals surface area contributed by atoms with E-state index < -0.39 is 24.4 Å². The average Bonchev–Trinajstić information content (AvgIpc) is 2.83. The summed E-state index contributed by atoms with van der Waals surface area (Å²) in [5.74, 6) is -1.69. The van der Waals surface area contributed by atoms with Gasteiger partial charge in [-0.1, -0.05) is 0 Å². The van der Waals surface area contributed by atoms with Crippen molar-refractivity contribution in [3.8, 4) is 0 Å². The molecule has 0 spiro atoms.